The highest BCUT2D eigenvalue weighted by molar-refractivity contribution is 7.98. The summed E-state index contributed by atoms with van der Waals surface area (Å²) in [6.07, 6.45) is 0. The summed E-state index contributed by atoms with van der Waals surface area (Å²) in [6, 6.07) is 6.21. The van der Waals surface area contributed by atoms with Gasteiger partial charge in [-0.2, -0.15) is 11.8 Å². The van der Waals surface area contributed by atoms with Gasteiger partial charge in [0.15, 0.2) is 0 Å². The van der Waals surface area contributed by atoms with Crippen LogP contribution in [0.25, 0.3) is 11.0 Å². The maximum Gasteiger partial charge on any atom is 0.336 e. The molecule has 2 rings (SSSR count). The SMILES string of the molecule is Cc1ccc2c(CSC[C@H](N)C(=O)O)cc(=O)oc2c1. The van der Waals surface area contributed by atoms with E-state index in [4.69, 9.17) is 15.3 Å². The molecule has 0 spiro atoms. The Bertz CT molecular complexity index is 695. The Labute approximate surface area is 119 Å². The highest BCUT2D eigenvalue weighted by atomic mass is 32.2. The third kappa shape index (κ3) is 3.40. The van der Waals surface area contributed by atoms with E-state index >= 15 is 0 Å². The standard InChI is InChI=1S/C14H15NO4S/c1-8-2-3-10-9(5-13(16)19-12(10)4-8)6-20-7-11(15)14(17)18/h2-5,11H,6-7,15H2,1H3,(H,17,18)/t11-/m0/s1. The van der Waals surface area contributed by atoms with E-state index in [1.54, 1.807) is 0 Å². The third-order valence-electron chi connectivity index (χ3n) is 2.86. The number of aryl methyl sites for hydroxylation is 1. The van der Waals surface area contributed by atoms with Gasteiger partial charge < -0.3 is 15.3 Å². The lowest BCUT2D eigenvalue weighted by Gasteiger charge is -2.08. The smallest absolute Gasteiger partial charge is 0.336 e. The van der Waals surface area contributed by atoms with E-state index < -0.39 is 17.6 Å². The van der Waals surface area contributed by atoms with Gasteiger partial charge in [0.1, 0.15) is 11.6 Å². The Morgan fingerprint density at radius 2 is 2.20 bits per heavy atom. The summed E-state index contributed by atoms with van der Waals surface area (Å²) in [7, 11) is 0. The number of hydrogen-bond acceptors (Lipinski definition) is 5. The van der Waals surface area contributed by atoms with Gasteiger partial charge in [0.25, 0.3) is 0 Å². The van der Waals surface area contributed by atoms with E-state index in [1.165, 1.54) is 17.8 Å². The first-order valence-electron chi connectivity index (χ1n) is 6.07. The molecule has 0 radical (unpaired) electrons. The molecule has 2 aromatic rings. The van der Waals surface area contributed by atoms with Crippen molar-refractivity contribution in [1.82, 2.24) is 0 Å². The van der Waals surface area contributed by atoms with E-state index in [0.29, 0.717) is 17.1 Å². The molecule has 1 atom stereocenters. The van der Waals surface area contributed by atoms with Gasteiger partial charge in [-0.05, 0) is 24.1 Å². The minimum absolute atomic E-state index is 0.295. The van der Waals surface area contributed by atoms with Crippen LogP contribution in [0.4, 0.5) is 0 Å². The van der Waals surface area contributed by atoms with Crippen LogP contribution in [0.5, 0.6) is 0 Å². The van der Waals surface area contributed by atoms with Crippen LogP contribution in [0.2, 0.25) is 0 Å². The molecule has 20 heavy (non-hydrogen) atoms. The van der Waals surface area contributed by atoms with E-state index in [2.05, 4.69) is 0 Å². The maximum absolute atomic E-state index is 11.5. The summed E-state index contributed by atoms with van der Waals surface area (Å²) in [5.74, 6) is -0.208. The van der Waals surface area contributed by atoms with Crippen LogP contribution in [0.3, 0.4) is 0 Å². The molecule has 3 N–H and O–H groups in total. The normalized spacial score (nSPS) is 12.5. The number of benzene rings is 1. The summed E-state index contributed by atoms with van der Waals surface area (Å²) in [5.41, 5.74) is 7.44. The van der Waals surface area contributed by atoms with Crippen LogP contribution in [0, 0.1) is 6.92 Å². The zero-order chi connectivity index (χ0) is 14.7. The molecule has 0 saturated carbocycles. The molecule has 0 aliphatic carbocycles. The first-order valence-corrected chi connectivity index (χ1v) is 7.22. The Balaban J connectivity index is 2.21. The molecule has 1 heterocycles. The number of aliphatic carboxylic acids is 1. The van der Waals surface area contributed by atoms with Gasteiger partial charge >= 0.3 is 11.6 Å². The molecular formula is C14H15NO4S. The molecule has 0 fully saturated rings. The quantitative estimate of drug-likeness (QED) is 0.816. The third-order valence-corrected chi connectivity index (χ3v) is 3.97. The lowest BCUT2D eigenvalue weighted by molar-refractivity contribution is -0.137. The minimum Gasteiger partial charge on any atom is -0.480 e. The topological polar surface area (TPSA) is 93.5 Å². The Morgan fingerprint density at radius 3 is 2.90 bits per heavy atom. The Morgan fingerprint density at radius 1 is 1.45 bits per heavy atom. The minimum atomic E-state index is -1.02. The van der Waals surface area contributed by atoms with Crippen molar-refractivity contribution in [3.63, 3.8) is 0 Å². The fourth-order valence-electron chi connectivity index (χ4n) is 1.82. The van der Waals surface area contributed by atoms with E-state index in [1.807, 2.05) is 25.1 Å². The van der Waals surface area contributed by atoms with Crippen LogP contribution in [-0.4, -0.2) is 22.9 Å². The van der Waals surface area contributed by atoms with Gasteiger partial charge in [0.2, 0.25) is 0 Å². The maximum atomic E-state index is 11.5. The number of rotatable bonds is 5. The second-order valence-corrected chi connectivity index (χ2v) is 5.58. The molecule has 5 nitrogen and oxygen atoms in total. The van der Waals surface area contributed by atoms with Crippen molar-refractivity contribution < 1.29 is 14.3 Å². The van der Waals surface area contributed by atoms with Gasteiger partial charge in [-0.3, -0.25) is 4.79 Å². The summed E-state index contributed by atoms with van der Waals surface area (Å²) in [6.45, 7) is 1.92. The van der Waals surface area contributed by atoms with Crippen molar-refractivity contribution in [3.05, 3.63) is 45.8 Å². The molecule has 0 amide bonds. The number of carbonyl (C=O) groups is 1. The molecular weight excluding hydrogens is 278 g/mol. The molecule has 1 aromatic heterocycles. The van der Waals surface area contributed by atoms with Crippen LogP contribution < -0.4 is 11.4 Å². The van der Waals surface area contributed by atoms with E-state index in [0.717, 1.165) is 16.5 Å². The van der Waals surface area contributed by atoms with E-state index in [-0.39, 0.29) is 0 Å². The van der Waals surface area contributed by atoms with Crippen molar-refractivity contribution in [2.75, 3.05) is 5.75 Å². The Kier molecular flexibility index (Phi) is 4.46. The van der Waals surface area contributed by atoms with Gasteiger partial charge in [-0.15, -0.1) is 0 Å². The van der Waals surface area contributed by atoms with Crippen molar-refractivity contribution in [2.24, 2.45) is 5.73 Å². The zero-order valence-corrected chi connectivity index (χ0v) is 11.8. The predicted octanol–water partition coefficient (Wildman–Crippen LogP) is 1.75. The summed E-state index contributed by atoms with van der Waals surface area (Å²) in [4.78, 5) is 22.2. The lowest BCUT2D eigenvalue weighted by Crippen LogP contribution is -2.32. The molecule has 0 saturated heterocycles. The van der Waals surface area contributed by atoms with Crippen molar-refractivity contribution >= 4 is 28.7 Å². The van der Waals surface area contributed by atoms with Gasteiger partial charge in [-0.25, -0.2) is 4.79 Å². The zero-order valence-electron chi connectivity index (χ0n) is 11.0. The number of fused-ring (bicyclic) bond motifs is 1. The molecule has 0 aliphatic heterocycles. The molecule has 106 valence electrons. The lowest BCUT2D eigenvalue weighted by atomic mass is 10.1. The average molecular weight is 293 g/mol. The predicted molar refractivity (Wildman–Crippen MR) is 79.0 cm³/mol. The van der Waals surface area contributed by atoms with Crippen LogP contribution in [-0.2, 0) is 10.5 Å². The van der Waals surface area contributed by atoms with Crippen molar-refractivity contribution in [1.29, 1.82) is 0 Å². The summed E-state index contributed by atoms with van der Waals surface area (Å²) >= 11 is 1.38. The Hall–Kier alpha value is -1.79. The first kappa shape index (κ1) is 14.6. The largest absolute Gasteiger partial charge is 0.480 e. The summed E-state index contributed by atoms with van der Waals surface area (Å²) < 4.78 is 5.17. The number of nitrogens with two attached hydrogens (primary N) is 1. The number of thioether (sulfide) groups is 1. The molecule has 0 aliphatic rings. The van der Waals surface area contributed by atoms with Crippen molar-refractivity contribution in [3.8, 4) is 0 Å². The second kappa shape index (κ2) is 6.11. The number of hydrogen-bond donors (Lipinski definition) is 2. The molecule has 1 aromatic carbocycles. The van der Waals surface area contributed by atoms with E-state index in [9.17, 15) is 9.59 Å². The fourth-order valence-corrected chi connectivity index (χ4v) is 2.80. The van der Waals surface area contributed by atoms with Crippen LogP contribution >= 0.6 is 11.8 Å². The number of carboxylic acid groups (broad SMARTS) is 1. The van der Waals surface area contributed by atoms with Gasteiger partial charge in [-0.1, -0.05) is 12.1 Å². The molecule has 0 unspecified atom stereocenters. The second-order valence-electron chi connectivity index (χ2n) is 4.55. The fraction of sp³-hybridized carbons (Fsp3) is 0.286. The highest BCUT2D eigenvalue weighted by Gasteiger charge is 2.12. The highest BCUT2D eigenvalue weighted by Crippen LogP contribution is 2.22. The number of carboxylic acids is 1. The van der Waals surface area contributed by atoms with Crippen LogP contribution in [0.15, 0.2) is 33.5 Å². The van der Waals surface area contributed by atoms with Gasteiger partial charge in [0.05, 0.1) is 0 Å². The van der Waals surface area contributed by atoms with Crippen molar-refractivity contribution in [2.45, 2.75) is 18.7 Å². The first-order chi connectivity index (χ1) is 9.47. The van der Waals surface area contributed by atoms with Crippen LogP contribution in [0.1, 0.15) is 11.1 Å². The monoisotopic (exact) mass is 293 g/mol. The van der Waals surface area contributed by atoms with Gasteiger partial charge in [0, 0.05) is 23.0 Å². The summed E-state index contributed by atoms with van der Waals surface area (Å²) in [5, 5.41) is 9.59. The molecule has 6 heteroatoms. The molecule has 0 bridgehead atoms. The average Bonchev–Trinajstić information content (AvgIpc) is 2.37.